The summed E-state index contributed by atoms with van der Waals surface area (Å²) >= 11 is 3.42. The first kappa shape index (κ1) is 12.6. The predicted octanol–water partition coefficient (Wildman–Crippen LogP) is 1.63. The average molecular weight is 318 g/mol. The molecule has 4 nitrogen and oxygen atoms in total. The number of rotatable bonds is 3. The third-order valence-electron chi connectivity index (χ3n) is 2.72. The largest absolute Gasteiger partial charge is 0.274 e. The van der Waals surface area contributed by atoms with E-state index in [1.165, 1.54) is 0 Å². The van der Waals surface area contributed by atoms with Gasteiger partial charge >= 0.3 is 0 Å². The Hall–Kier alpha value is -0.880. The smallest absolute Gasteiger partial charge is 0.237 e. The van der Waals surface area contributed by atoms with Crippen molar-refractivity contribution in [3.05, 3.63) is 34.3 Å². The van der Waals surface area contributed by atoms with Gasteiger partial charge in [-0.3, -0.25) is 9.52 Å². The van der Waals surface area contributed by atoms with E-state index in [1.807, 2.05) is 29.0 Å². The van der Waals surface area contributed by atoms with Crippen LogP contribution >= 0.6 is 15.9 Å². The van der Waals surface area contributed by atoms with Gasteiger partial charge < -0.3 is 0 Å². The fourth-order valence-corrected chi connectivity index (χ4v) is 2.96. The maximum Gasteiger partial charge on any atom is 0.237 e. The summed E-state index contributed by atoms with van der Waals surface area (Å²) in [6.45, 7) is 0. The second kappa shape index (κ2) is 4.42. The van der Waals surface area contributed by atoms with Crippen LogP contribution in [0.1, 0.15) is 17.9 Å². The lowest BCUT2D eigenvalue weighted by molar-refractivity contribution is -0.120. The molecule has 6 heteroatoms. The number of halogens is 1. The third kappa shape index (κ3) is 3.07. The van der Waals surface area contributed by atoms with E-state index in [4.69, 9.17) is 0 Å². The first-order valence-corrected chi connectivity index (χ1v) is 7.83. The lowest BCUT2D eigenvalue weighted by atomic mass is 10.1. The Morgan fingerprint density at radius 3 is 2.65 bits per heavy atom. The van der Waals surface area contributed by atoms with Crippen LogP contribution in [0, 0.1) is 5.92 Å². The lowest BCUT2D eigenvalue weighted by Gasteiger charge is -2.04. The van der Waals surface area contributed by atoms with Gasteiger partial charge in [0, 0.05) is 10.4 Å². The van der Waals surface area contributed by atoms with E-state index in [9.17, 15) is 13.2 Å². The Labute approximate surface area is 109 Å². The van der Waals surface area contributed by atoms with E-state index >= 15 is 0 Å². The van der Waals surface area contributed by atoms with Gasteiger partial charge in [-0.15, -0.1) is 0 Å². The molecule has 1 aliphatic carbocycles. The molecule has 1 amide bonds. The highest BCUT2D eigenvalue weighted by molar-refractivity contribution is 9.10. The van der Waals surface area contributed by atoms with Crippen LogP contribution in [0.3, 0.4) is 0 Å². The minimum Gasteiger partial charge on any atom is -0.274 e. The van der Waals surface area contributed by atoms with Crippen molar-refractivity contribution in [1.29, 1.82) is 0 Å². The highest BCUT2D eigenvalue weighted by Crippen LogP contribution is 2.49. The van der Waals surface area contributed by atoms with E-state index in [1.54, 1.807) is 0 Å². The van der Waals surface area contributed by atoms with E-state index in [0.717, 1.165) is 16.3 Å². The van der Waals surface area contributed by atoms with Crippen molar-refractivity contribution in [3.8, 4) is 0 Å². The van der Waals surface area contributed by atoms with Crippen LogP contribution in [0.2, 0.25) is 0 Å². The number of amides is 1. The Balaban J connectivity index is 2.07. The fraction of sp³-hybridized carbons (Fsp3) is 0.364. The number of nitrogens with one attached hydrogen (secondary N) is 1. The SMILES string of the molecule is CS(=O)(=O)NC(=O)[C@@H]1C[C@H]1c1ccccc1Br. The maximum absolute atomic E-state index is 11.6. The molecule has 0 heterocycles. The molecule has 0 aromatic heterocycles. The normalized spacial score (nSPS) is 23.2. The Kier molecular flexibility index (Phi) is 3.27. The van der Waals surface area contributed by atoms with Crippen LogP contribution in [-0.4, -0.2) is 20.6 Å². The summed E-state index contributed by atoms with van der Waals surface area (Å²) < 4.78 is 24.9. The number of hydrogen-bond acceptors (Lipinski definition) is 3. The van der Waals surface area contributed by atoms with Gasteiger partial charge in [-0.25, -0.2) is 8.42 Å². The third-order valence-corrected chi connectivity index (χ3v) is 4.01. The van der Waals surface area contributed by atoms with Crippen molar-refractivity contribution in [2.45, 2.75) is 12.3 Å². The molecule has 0 radical (unpaired) electrons. The molecule has 1 saturated carbocycles. The zero-order chi connectivity index (χ0) is 12.6. The average Bonchev–Trinajstić information content (AvgIpc) is 2.95. The molecule has 2 atom stereocenters. The Bertz CT molecular complexity index is 556. The molecule has 0 unspecified atom stereocenters. The van der Waals surface area contributed by atoms with E-state index < -0.39 is 15.9 Å². The second-order valence-electron chi connectivity index (χ2n) is 4.21. The number of sulfonamides is 1. The van der Waals surface area contributed by atoms with Gasteiger partial charge in [0.1, 0.15) is 0 Å². The van der Waals surface area contributed by atoms with Crippen molar-refractivity contribution in [1.82, 2.24) is 4.72 Å². The van der Waals surface area contributed by atoms with Gasteiger partial charge in [0.25, 0.3) is 0 Å². The molecule has 2 rings (SSSR count). The highest BCUT2D eigenvalue weighted by Gasteiger charge is 2.45. The van der Waals surface area contributed by atoms with E-state index in [2.05, 4.69) is 15.9 Å². The van der Waals surface area contributed by atoms with Crippen molar-refractivity contribution in [2.75, 3.05) is 6.26 Å². The zero-order valence-electron chi connectivity index (χ0n) is 9.18. The molecule has 1 aromatic rings. The van der Waals surface area contributed by atoms with E-state index in [0.29, 0.717) is 6.42 Å². The maximum atomic E-state index is 11.6. The van der Waals surface area contributed by atoms with Crippen molar-refractivity contribution >= 4 is 31.9 Å². The molecular weight excluding hydrogens is 306 g/mol. The molecule has 92 valence electrons. The van der Waals surface area contributed by atoms with Crippen LogP contribution in [0.15, 0.2) is 28.7 Å². The molecule has 1 aromatic carbocycles. The molecule has 0 aliphatic heterocycles. The summed E-state index contributed by atoms with van der Waals surface area (Å²) in [5.41, 5.74) is 1.06. The molecule has 0 bridgehead atoms. The van der Waals surface area contributed by atoms with Gasteiger partial charge in [-0.05, 0) is 24.0 Å². The zero-order valence-corrected chi connectivity index (χ0v) is 11.6. The molecule has 1 N–H and O–H groups in total. The van der Waals surface area contributed by atoms with Crippen molar-refractivity contribution < 1.29 is 13.2 Å². The molecule has 0 saturated heterocycles. The van der Waals surface area contributed by atoms with Gasteiger partial charge in [0.05, 0.1) is 6.26 Å². The standard InChI is InChI=1S/C11H12BrNO3S/c1-17(15,16)13-11(14)9-6-8(9)7-4-2-3-5-10(7)12/h2-5,8-9H,6H2,1H3,(H,13,14)/t8-,9+/m0/s1. The topological polar surface area (TPSA) is 63.2 Å². The van der Waals surface area contributed by atoms with E-state index in [-0.39, 0.29) is 11.8 Å². The van der Waals surface area contributed by atoms with Gasteiger partial charge in [0.2, 0.25) is 15.9 Å². The quantitative estimate of drug-likeness (QED) is 0.921. The predicted molar refractivity (Wildman–Crippen MR) is 68.0 cm³/mol. The Morgan fingerprint density at radius 1 is 1.41 bits per heavy atom. The first-order chi connectivity index (χ1) is 7.88. The van der Waals surface area contributed by atoms with Crippen LogP contribution in [0.25, 0.3) is 0 Å². The first-order valence-electron chi connectivity index (χ1n) is 5.14. The summed E-state index contributed by atoms with van der Waals surface area (Å²) in [6, 6.07) is 7.67. The minimum atomic E-state index is -3.46. The summed E-state index contributed by atoms with van der Waals surface area (Å²) in [4.78, 5) is 11.6. The lowest BCUT2D eigenvalue weighted by Crippen LogP contribution is -2.30. The number of carbonyl (C=O) groups is 1. The van der Waals surface area contributed by atoms with Gasteiger partial charge in [0.15, 0.2) is 0 Å². The van der Waals surface area contributed by atoms with Crippen molar-refractivity contribution in [3.63, 3.8) is 0 Å². The Morgan fingerprint density at radius 2 is 2.06 bits per heavy atom. The second-order valence-corrected chi connectivity index (χ2v) is 6.81. The molecular formula is C11H12BrNO3S. The summed E-state index contributed by atoms with van der Waals surface area (Å²) in [6.07, 6.45) is 1.69. The van der Waals surface area contributed by atoms with Gasteiger partial charge in [-0.1, -0.05) is 34.1 Å². The summed E-state index contributed by atoms with van der Waals surface area (Å²) in [5.74, 6) is -0.524. The molecule has 1 fully saturated rings. The summed E-state index contributed by atoms with van der Waals surface area (Å²) in [5, 5.41) is 0. The monoisotopic (exact) mass is 317 g/mol. The molecule has 1 aliphatic rings. The number of hydrogen-bond donors (Lipinski definition) is 1. The van der Waals surface area contributed by atoms with Crippen LogP contribution in [-0.2, 0) is 14.8 Å². The number of carbonyl (C=O) groups excluding carboxylic acids is 1. The minimum absolute atomic E-state index is 0.118. The summed E-state index contributed by atoms with van der Waals surface area (Å²) in [7, 11) is -3.46. The van der Waals surface area contributed by atoms with Gasteiger partial charge in [-0.2, -0.15) is 0 Å². The molecule has 17 heavy (non-hydrogen) atoms. The molecule has 0 spiro atoms. The highest BCUT2D eigenvalue weighted by atomic mass is 79.9. The van der Waals surface area contributed by atoms with Crippen LogP contribution in [0.5, 0.6) is 0 Å². The van der Waals surface area contributed by atoms with Crippen LogP contribution in [0.4, 0.5) is 0 Å². The number of benzene rings is 1. The van der Waals surface area contributed by atoms with Crippen LogP contribution < -0.4 is 4.72 Å². The fourth-order valence-electron chi connectivity index (χ4n) is 1.86. The van der Waals surface area contributed by atoms with Crippen molar-refractivity contribution in [2.24, 2.45) is 5.92 Å².